The standard InChI is InChI=1S/C15H28N2/c1-15(6-8-16-9-7-15)12-17(10-13-2-3-13)11-14-4-5-14/h13-14,16H,2-12H2,1H3. The van der Waals surface area contributed by atoms with Gasteiger partial charge in [0.05, 0.1) is 0 Å². The molecular weight excluding hydrogens is 208 g/mol. The van der Waals surface area contributed by atoms with Crippen molar-refractivity contribution in [2.75, 3.05) is 32.7 Å². The molecule has 0 atom stereocenters. The molecule has 2 nitrogen and oxygen atoms in total. The summed E-state index contributed by atoms with van der Waals surface area (Å²) in [4.78, 5) is 2.82. The number of hydrogen-bond donors (Lipinski definition) is 1. The summed E-state index contributed by atoms with van der Waals surface area (Å²) in [5, 5.41) is 3.50. The Morgan fingerprint density at radius 2 is 1.53 bits per heavy atom. The highest BCUT2D eigenvalue weighted by molar-refractivity contribution is 4.88. The van der Waals surface area contributed by atoms with Crippen molar-refractivity contribution in [3.05, 3.63) is 0 Å². The van der Waals surface area contributed by atoms with Gasteiger partial charge in [0.15, 0.2) is 0 Å². The maximum absolute atomic E-state index is 3.50. The quantitative estimate of drug-likeness (QED) is 0.762. The minimum atomic E-state index is 0.592. The van der Waals surface area contributed by atoms with Crippen LogP contribution in [-0.4, -0.2) is 37.6 Å². The fraction of sp³-hybridized carbons (Fsp3) is 1.00. The van der Waals surface area contributed by atoms with Crippen molar-refractivity contribution in [3.63, 3.8) is 0 Å². The van der Waals surface area contributed by atoms with Crippen LogP contribution in [0.15, 0.2) is 0 Å². The van der Waals surface area contributed by atoms with Gasteiger partial charge in [0, 0.05) is 19.6 Å². The molecule has 98 valence electrons. The van der Waals surface area contributed by atoms with E-state index in [2.05, 4.69) is 17.1 Å². The molecule has 17 heavy (non-hydrogen) atoms. The molecule has 0 unspecified atom stereocenters. The zero-order valence-electron chi connectivity index (χ0n) is 11.4. The van der Waals surface area contributed by atoms with Crippen LogP contribution in [0.4, 0.5) is 0 Å². The van der Waals surface area contributed by atoms with Gasteiger partial charge in [-0.1, -0.05) is 6.92 Å². The topological polar surface area (TPSA) is 15.3 Å². The second-order valence-corrected chi connectivity index (χ2v) is 7.14. The molecule has 3 rings (SSSR count). The second-order valence-electron chi connectivity index (χ2n) is 7.14. The number of piperidine rings is 1. The Labute approximate surface area is 106 Å². The van der Waals surface area contributed by atoms with E-state index in [9.17, 15) is 0 Å². The SMILES string of the molecule is CC1(CN(CC2CC2)CC2CC2)CCNCC1. The van der Waals surface area contributed by atoms with Crippen molar-refractivity contribution in [2.45, 2.75) is 45.4 Å². The highest BCUT2D eigenvalue weighted by Gasteiger charge is 2.34. The van der Waals surface area contributed by atoms with Gasteiger partial charge in [-0.25, -0.2) is 0 Å². The first-order valence-corrected chi connectivity index (χ1v) is 7.67. The zero-order chi connectivity index (χ0) is 11.7. The Morgan fingerprint density at radius 3 is 2.00 bits per heavy atom. The van der Waals surface area contributed by atoms with Crippen molar-refractivity contribution in [3.8, 4) is 0 Å². The zero-order valence-corrected chi connectivity index (χ0v) is 11.4. The van der Waals surface area contributed by atoms with E-state index < -0.39 is 0 Å². The largest absolute Gasteiger partial charge is 0.317 e. The van der Waals surface area contributed by atoms with Gasteiger partial charge in [-0.2, -0.15) is 0 Å². The molecule has 0 radical (unpaired) electrons. The number of rotatable bonds is 6. The number of nitrogens with zero attached hydrogens (tertiary/aromatic N) is 1. The molecule has 0 spiro atoms. The first kappa shape index (κ1) is 12.0. The van der Waals surface area contributed by atoms with Crippen LogP contribution in [0.5, 0.6) is 0 Å². The van der Waals surface area contributed by atoms with Crippen LogP contribution >= 0.6 is 0 Å². The van der Waals surface area contributed by atoms with Crippen molar-refractivity contribution < 1.29 is 0 Å². The molecule has 3 fully saturated rings. The lowest BCUT2D eigenvalue weighted by molar-refractivity contribution is 0.120. The molecule has 1 heterocycles. The number of hydrogen-bond acceptors (Lipinski definition) is 2. The van der Waals surface area contributed by atoms with Gasteiger partial charge in [-0.15, -0.1) is 0 Å². The van der Waals surface area contributed by atoms with Crippen molar-refractivity contribution in [2.24, 2.45) is 17.3 Å². The molecule has 0 bridgehead atoms. The average Bonchev–Trinajstić information content (AvgIpc) is 3.14. The fourth-order valence-corrected chi connectivity index (χ4v) is 3.26. The van der Waals surface area contributed by atoms with Gasteiger partial charge in [0.25, 0.3) is 0 Å². The van der Waals surface area contributed by atoms with Crippen LogP contribution in [0.1, 0.15) is 45.4 Å². The molecule has 2 aliphatic carbocycles. The molecule has 3 aliphatic rings. The van der Waals surface area contributed by atoms with Crippen molar-refractivity contribution >= 4 is 0 Å². The molecule has 1 N–H and O–H groups in total. The first-order chi connectivity index (χ1) is 8.23. The normalized spacial score (nSPS) is 28.6. The Bertz CT molecular complexity index is 236. The molecule has 1 aliphatic heterocycles. The third-order valence-electron chi connectivity index (χ3n) is 4.84. The Hall–Kier alpha value is -0.0800. The van der Waals surface area contributed by atoms with E-state index in [1.54, 1.807) is 0 Å². The predicted octanol–water partition coefficient (Wildman–Crippen LogP) is 2.50. The Morgan fingerprint density at radius 1 is 1.00 bits per heavy atom. The minimum absolute atomic E-state index is 0.592. The van der Waals surface area contributed by atoms with Crippen LogP contribution < -0.4 is 5.32 Å². The van der Waals surface area contributed by atoms with E-state index in [0.717, 1.165) is 11.8 Å². The van der Waals surface area contributed by atoms with Gasteiger partial charge in [-0.05, 0) is 68.9 Å². The lowest BCUT2D eigenvalue weighted by Gasteiger charge is -2.39. The second kappa shape index (κ2) is 4.89. The summed E-state index contributed by atoms with van der Waals surface area (Å²) in [6.45, 7) is 9.15. The maximum Gasteiger partial charge on any atom is 0.00365 e. The first-order valence-electron chi connectivity index (χ1n) is 7.67. The van der Waals surface area contributed by atoms with Crippen LogP contribution in [-0.2, 0) is 0 Å². The lowest BCUT2D eigenvalue weighted by Crippen LogP contribution is -2.44. The van der Waals surface area contributed by atoms with E-state index in [1.807, 2.05) is 0 Å². The Balaban J connectivity index is 1.52. The van der Waals surface area contributed by atoms with Gasteiger partial charge >= 0.3 is 0 Å². The number of nitrogens with one attached hydrogen (secondary N) is 1. The Kier molecular flexibility index (Phi) is 3.45. The molecular formula is C15H28N2. The summed E-state index contributed by atoms with van der Waals surface area (Å²) < 4.78 is 0. The lowest BCUT2D eigenvalue weighted by atomic mass is 9.80. The van der Waals surface area contributed by atoms with E-state index >= 15 is 0 Å². The van der Waals surface area contributed by atoms with Gasteiger partial charge in [-0.3, -0.25) is 0 Å². The summed E-state index contributed by atoms with van der Waals surface area (Å²) >= 11 is 0. The molecule has 2 saturated carbocycles. The molecule has 2 heteroatoms. The van der Waals surface area contributed by atoms with E-state index in [-0.39, 0.29) is 0 Å². The van der Waals surface area contributed by atoms with Crippen LogP contribution in [0.2, 0.25) is 0 Å². The van der Waals surface area contributed by atoms with Gasteiger partial charge in [0.2, 0.25) is 0 Å². The highest BCUT2D eigenvalue weighted by atomic mass is 15.1. The monoisotopic (exact) mass is 236 g/mol. The predicted molar refractivity (Wildman–Crippen MR) is 72.1 cm³/mol. The fourth-order valence-electron chi connectivity index (χ4n) is 3.26. The summed E-state index contributed by atoms with van der Waals surface area (Å²) in [6.07, 6.45) is 8.75. The average molecular weight is 236 g/mol. The van der Waals surface area contributed by atoms with Crippen LogP contribution in [0, 0.1) is 17.3 Å². The van der Waals surface area contributed by atoms with E-state index in [4.69, 9.17) is 0 Å². The molecule has 0 aromatic carbocycles. The van der Waals surface area contributed by atoms with Crippen LogP contribution in [0.25, 0.3) is 0 Å². The third kappa shape index (κ3) is 3.69. The van der Waals surface area contributed by atoms with Gasteiger partial charge in [0.1, 0.15) is 0 Å². The summed E-state index contributed by atoms with van der Waals surface area (Å²) in [7, 11) is 0. The van der Waals surface area contributed by atoms with E-state index in [0.29, 0.717) is 5.41 Å². The highest BCUT2D eigenvalue weighted by Crippen LogP contribution is 2.36. The summed E-state index contributed by atoms with van der Waals surface area (Å²) in [6, 6.07) is 0. The maximum atomic E-state index is 3.50. The third-order valence-corrected chi connectivity index (χ3v) is 4.84. The van der Waals surface area contributed by atoms with Crippen molar-refractivity contribution in [1.29, 1.82) is 0 Å². The summed E-state index contributed by atoms with van der Waals surface area (Å²) in [5.74, 6) is 2.11. The smallest absolute Gasteiger partial charge is 0.00365 e. The van der Waals surface area contributed by atoms with E-state index in [1.165, 1.54) is 71.2 Å². The van der Waals surface area contributed by atoms with Gasteiger partial charge < -0.3 is 10.2 Å². The summed E-state index contributed by atoms with van der Waals surface area (Å²) in [5.41, 5.74) is 0.592. The van der Waals surface area contributed by atoms with Crippen LogP contribution in [0.3, 0.4) is 0 Å². The molecule has 0 amide bonds. The molecule has 0 aromatic heterocycles. The minimum Gasteiger partial charge on any atom is -0.317 e. The van der Waals surface area contributed by atoms with Crippen molar-refractivity contribution in [1.82, 2.24) is 10.2 Å². The molecule has 0 aromatic rings. The molecule has 1 saturated heterocycles.